The quantitative estimate of drug-likeness (QED) is 0.353. The number of para-hydroxylation sites is 2. The number of imidazole rings is 1. The first-order chi connectivity index (χ1) is 14.6. The van der Waals surface area contributed by atoms with Crippen molar-refractivity contribution >= 4 is 22.6 Å². The van der Waals surface area contributed by atoms with Crippen LogP contribution in [0.25, 0.3) is 11.0 Å². The lowest BCUT2D eigenvalue weighted by Gasteiger charge is -2.17. The van der Waals surface area contributed by atoms with Crippen LogP contribution in [0.1, 0.15) is 18.9 Å². The summed E-state index contributed by atoms with van der Waals surface area (Å²) in [6, 6.07) is 23.0. The van der Waals surface area contributed by atoms with E-state index in [-0.39, 0.29) is 6.10 Å². The zero-order valence-corrected chi connectivity index (χ0v) is 17.7. The van der Waals surface area contributed by atoms with Gasteiger partial charge in [-0.25, -0.2) is 4.98 Å². The highest BCUT2D eigenvalue weighted by Gasteiger charge is 2.18. The SMILES string of the molecule is COc1ccc(OCCn2c(C(C)Oc3ccc(Cl)cc3)nc3ccccc32)cc1. The molecule has 5 nitrogen and oxygen atoms in total. The highest BCUT2D eigenvalue weighted by molar-refractivity contribution is 6.30. The van der Waals surface area contributed by atoms with E-state index in [9.17, 15) is 0 Å². The number of fused-ring (bicyclic) bond motifs is 1. The molecule has 0 bridgehead atoms. The van der Waals surface area contributed by atoms with Gasteiger partial charge in [0.25, 0.3) is 0 Å². The molecule has 0 N–H and O–H groups in total. The van der Waals surface area contributed by atoms with Gasteiger partial charge in [0.1, 0.15) is 23.9 Å². The molecule has 0 fully saturated rings. The molecular formula is C24H23ClN2O3. The Kier molecular flexibility index (Phi) is 6.10. The molecule has 1 aromatic heterocycles. The van der Waals surface area contributed by atoms with Gasteiger partial charge in [-0.3, -0.25) is 0 Å². The van der Waals surface area contributed by atoms with Crippen LogP contribution in [0.15, 0.2) is 72.8 Å². The number of halogens is 1. The molecule has 154 valence electrons. The number of hydrogen-bond donors (Lipinski definition) is 0. The molecule has 0 saturated heterocycles. The fraction of sp³-hybridized carbons (Fsp3) is 0.208. The highest BCUT2D eigenvalue weighted by atomic mass is 35.5. The summed E-state index contributed by atoms with van der Waals surface area (Å²) in [4.78, 5) is 4.81. The van der Waals surface area contributed by atoms with Crippen molar-refractivity contribution in [2.45, 2.75) is 19.6 Å². The number of nitrogens with zero attached hydrogens (tertiary/aromatic N) is 2. The minimum atomic E-state index is -0.237. The maximum absolute atomic E-state index is 6.12. The first-order valence-corrected chi connectivity index (χ1v) is 10.2. The number of rotatable bonds is 8. The second-order valence-electron chi connectivity index (χ2n) is 6.85. The van der Waals surface area contributed by atoms with Crippen molar-refractivity contribution in [2.75, 3.05) is 13.7 Å². The topological polar surface area (TPSA) is 45.5 Å². The molecule has 0 saturated carbocycles. The van der Waals surface area contributed by atoms with Crippen LogP contribution in [0.2, 0.25) is 5.02 Å². The maximum Gasteiger partial charge on any atom is 0.153 e. The standard InChI is InChI=1S/C24H23ClN2O3/c1-17(30-21-9-7-18(25)8-10-21)24-26-22-5-3-4-6-23(22)27(24)15-16-29-20-13-11-19(28-2)12-14-20/h3-14,17H,15-16H2,1-2H3. The van der Waals surface area contributed by atoms with Crippen molar-refractivity contribution in [3.05, 3.63) is 83.6 Å². The van der Waals surface area contributed by atoms with Crippen LogP contribution in [0.3, 0.4) is 0 Å². The molecular weight excluding hydrogens is 400 g/mol. The average Bonchev–Trinajstić information content (AvgIpc) is 3.15. The van der Waals surface area contributed by atoms with Crippen LogP contribution < -0.4 is 14.2 Å². The van der Waals surface area contributed by atoms with E-state index in [1.807, 2.05) is 73.7 Å². The second-order valence-corrected chi connectivity index (χ2v) is 7.28. The Hall–Kier alpha value is -3.18. The Morgan fingerprint density at radius 2 is 1.57 bits per heavy atom. The van der Waals surface area contributed by atoms with Crippen LogP contribution in [0, 0.1) is 0 Å². The van der Waals surface area contributed by atoms with Crippen molar-refractivity contribution in [1.29, 1.82) is 0 Å². The van der Waals surface area contributed by atoms with Gasteiger partial charge in [0, 0.05) is 5.02 Å². The first kappa shape index (κ1) is 20.1. The summed E-state index contributed by atoms with van der Waals surface area (Å²) in [6.07, 6.45) is -0.237. The number of ether oxygens (including phenoxy) is 3. The van der Waals surface area contributed by atoms with Crippen LogP contribution in [0.5, 0.6) is 17.2 Å². The van der Waals surface area contributed by atoms with E-state index >= 15 is 0 Å². The zero-order chi connectivity index (χ0) is 20.9. The fourth-order valence-corrected chi connectivity index (χ4v) is 3.46. The van der Waals surface area contributed by atoms with Gasteiger partial charge in [0.2, 0.25) is 0 Å². The lowest BCUT2D eigenvalue weighted by atomic mass is 10.3. The third-order valence-electron chi connectivity index (χ3n) is 4.82. The van der Waals surface area contributed by atoms with E-state index in [0.717, 1.165) is 34.1 Å². The average molecular weight is 423 g/mol. The third-order valence-corrected chi connectivity index (χ3v) is 5.07. The van der Waals surface area contributed by atoms with E-state index in [4.69, 9.17) is 30.8 Å². The molecule has 6 heteroatoms. The molecule has 4 aromatic rings. The van der Waals surface area contributed by atoms with Crippen LogP contribution >= 0.6 is 11.6 Å². The Morgan fingerprint density at radius 3 is 2.30 bits per heavy atom. The molecule has 0 aliphatic heterocycles. The number of hydrogen-bond acceptors (Lipinski definition) is 4. The van der Waals surface area contributed by atoms with Gasteiger partial charge in [0.05, 0.1) is 24.7 Å². The highest BCUT2D eigenvalue weighted by Crippen LogP contribution is 2.26. The predicted molar refractivity (Wildman–Crippen MR) is 119 cm³/mol. The minimum Gasteiger partial charge on any atom is -0.497 e. The second kappa shape index (κ2) is 9.09. The monoisotopic (exact) mass is 422 g/mol. The normalized spacial score (nSPS) is 12.0. The minimum absolute atomic E-state index is 0.237. The van der Waals surface area contributed by atoms with Crippen LogP contribution in [-0.4, -0.2) is 23.3 Å². The van der Waals surface area contributed by atoms with Gasteiger partial charge in [0.15, 0.2) is 11.9 Å². The van der Waals surface area contributed by atoms with Crippen molar-refractivity contribution in [3.63, 3.8) is 0 Å². The van der Waals surface area contributed by atoms with E-state index in [1.165, 1.54) is 0 Å². The summed E-state index contributed by atoms with van der Waals surface area (Å²) in [6.45, 7) is 3.15. The van der Waals surface area contributed by atoms with Crippen LogP contribution in [-0.2, 0) is 6.54 Å². The number of methoxy groups -OCH3 is 1. The molecule has 3 aromatic carbocycles. The summed E-state index contributed by atoms with van der Waals surface area (Å²) >= 11 is 5.98. The van der Waals surface area contributed by atoms with Gasteiger partial charge >= 0.3 is 0 Å². The largest absolute Gasteiger partial charge is 0.497 e. The zero-order valence-electron chi connectivity index (χ0n) is 16.9. The summed E-state index contributed by atoms with van der Waals surface area (Å²) in [5.41, 5.74) is 1.99. The third kappa shape index (κ3) is 4.52. The van der Waals surface area contributed by atoms with Gasteiger partial charge in [-0.1, -0.05) is 23.7 Å². The van der Waals surface area contributed by atoms with Crippen molar-refractivity contribution in [3.8, 4) is 17.2 Å². The van der Waals surface area contributed by atoms with Gasteiger partial charge in [-0.15, -0.1) is 0 Å². The molecule has 30 heavy (non-hydrogen) atoms. The molecule has 0 aliphatic carbocycles. The fourth-order valence-electron chi connectivity index (χ4n) is 3.34. The van der Waals surface area contributed by atoms with Crippen molar-refractivity contribution in [1.82, 2.24) is 9.55 Å². The van der Waals surface area contributed by atoms with E-state index < -0.39 is 0 Å². The smallest absolute Gasteiger partial charge is 0.153 e. The van der Waals surface area contributed by atoms with Crippen LogP contribution in [0.4, 0.5) is 0 Å². The lowest BCUT2D eigenvalue weighted by molar-refractivity contribution is 0.207. The Bertz CT molecular complexity index is 1110. The van der Waals surface area contributed by atoms with Crippen molar-refractivity contribution < 1.29 is 14.2 Å². The Balaban J connectivity index is 1.52. The molecule has 4 rings (SSSR count). The van der Waals surface area contributed by atoms with Gasteiger partial charge in [-0.05, 0) is 67.6 Å². The van der Waals surface area contributed by atoms with Gasteiger partial charge < -0.3 is 18.8 Å². The Morgan fingerprint density at radius 1 is 0.900 bits per heavy atom. The van der Waals surface area contributed by atoms with E-state index in [2.05, 4.69) is 10.6 Å². The molecule has 0 spiro atoms. The Labute approximate surface area is 180 Å². The lowest BCUT2D eigenvalue weighted by Crippen LogP contribution is -2.15. The molecule has 1 unspecified atom stereocenters. The maximum atomic E-state index is 6.12. The summed E-state index contributed by atoms with van der Waals surface area (Å²) in [5.74, 6) is 3.20. The molecule has 0 aliphatic rings. The summed E-state index contributed by atoms with van der Waals surface area (Å²) < 4.78 is 19.4. The van der Waals surface area contributed by atoms with Crippen molar-refractivity contribution in [2.24, 2.45) is 0 Å². The predicted octanol–water partition coefficient (Wildman–Crippen LogP) is 5.92. The van der Waals surface area contributed by atoms with E-state index in [1.54, 1.807) is 7.11 Å². The molecule has 0 amide bonds. The molecule has 0 radical (unpaired) electrons. The van der Waals surface area contributed by atoms with E-state index in [0.29, 0.717) is 18.2 Å². The summed E-state index contributed by atoms with van der Waals surface area (Å²) in [5, 5.41) is 0.679. The van der Waals surface area contributed by atoms with Gasteiger partial charge in [-0.2, -0.15) is 0 Å². The first-order valence-electron chi connectivity index (χ1n) is 9.78. The molecule has 1 atom stereocenters. The number of benzene rings is 3. The molecule has 1 heterocycles. The summed E-state index contributed by atoms with van der Waals surface area (Å²) in [7, 11) is 1.65. The number of aromatic nitrogens is 2.